The van der Waals surface area contributed by atoms with E-state index in [0.29, 0.717) is 4.90 Å². The van der Waals surface area contributed by atoms with Crippen LogP contribution >= 0.6 is 0 Å². The quantitative estimate of drug-likeness (QED) is 0.551. The van der Waals surface area contributed by atoms with Crippen LogP contribution < -0.4 is 21.9 Å². The van der Waals surface area contributed by atoms with E-state index in [0.717, 1.165) is 16.7 Å². The van der Waals surface area contributed by atoms with E-state index in [1.165, 1.54) is 7.05 Å². The molecule has 2 amide bonds. The monoisotopic (exact) mass is 236 g/mol. The summed E-state index contributed by atoms with van der Waals surface area (Å²) in [5.74, 6) is -1.60. The second-order valence-electron chi connectivity index (χ2n) is 3.40. The van der Waals surface area contributed by atoms with Crippen LogP contribution in [0.4, 0.5) is 11.5 Å². The Bertz CT molecular complexity index is 649. The first-order chi connectivity index (χ1) is 7.93. The molecule has 8 nitrogen and oxygen atoms in total. The SMILES string of the molecule is Cn1c(N)c(N2C(=O)C=CC2=O)c(=O)[nH]c1=O. The third-order valence-electron chi connectivity index (χ3n) is 2.38. The fraction of sp³-hybridized carbons (Fsp3) is 0.111. The molecule has 0 radical (unpaired) electrons. The van der Waals surface area contributed by atoms with Gasteiger partial charge in [-0.3, -0.25) is 23.9 Å². The third-order valence-corrected chi connectivity index (χ3v) is 2.38. The minimum atomic E-state index is -0.879. The number of nitrogens with zero attached hydrogens (tertiary/aromatic N) is 2. The zero-order valence-corrected chi connectivity index (χ0v) is 8.76. The molecule has 0 bridgehead atoms. The molecule has 88 valence electrons. The number of anilines is 2. The molecule has 2 heterocycles. The zero-order chi connectivity index (χ0) is 12.7. The first kappa shape index (κ1) is 10.9. The van der Waals surface area contributed by atoms with Crippen molar-refractivity contribution < 1.29 is 9.59 Å². The van der Waals surface area contributed by atoms with Gasteiger partial charge in [-0.15, -0.1) is 0 Å². The van der Waals surface area contributed by atoms with Crippen LogP contribution in [0.25, 0.3) is 0 Å². The molecule has 1 aliphatic heterocycles. The largest absolute Gasteiger partial charge is 0.383 e. The van der Waals surface area contributed by atoms with Crippen molar-refractivity contribution >= 4 is 23.3 Å². The Morgan fingerprint density at radius 2 is 1.65 bits per heavy atom. The number of rotatable bonds is 1. The average molecular weight is 236 g/mol. The minimum absolute atomic E-state index is 0.246. The Kier molecular flexibility index (Phi) is 2.20. The number of nitrogens with two attached hydrogens (primary N) is 1. The summed E-state index contributed by atoms with van der Waals surface area (Å²) in [5.41, 5.74) is 3.62. The van der Waals surface area contributed by atoms with E-state index >= 15 is 0 Å². The average Bonchev–Trinajstić information content (AvgIpc) is 2.58. The Balaban J connectivity index is 2.74. The maximum atomic E-state index is 11.6. The molecule has 0 spiro atoms. The van der Waals surface area contributed by atoms with E-state index in [1.807, 2.05) is 4.98 Å². The molecule has 3 N–H and O–H groups in total. The van der Waals surface area contributed by atoms with Gasteiger partial charge in [0.1, 0.15) is 5.82 Å². The van der Waals surface area contributed by atoms with Crippen LogP contribution in [-0.2, 0) is 16.6 Å². The van der Waals surface area contributed by atoms with Gasteiger partial charge < -0.3 is 5.73 Å². The molecule has 1 aromatic heterocycles. The summed E-state index contributed by atoms with van der Waals surface area (Å²) in [4.78, 5) is 48.2. The predicted octanol–water partition coefficient (Wildman–Crippen LogP) is -1.91. The van der Waals surface area contributed by atoms with E-state index in [-0.39, 0.29) is 11.5 Å². The molecule has 0 saturated heterocycles. The van der Waals surface area contributed by atoms with Crippen LogP contribution in [-0.4, -0.2) is 21.4 Å². The van der Waals surface area contributed by atoms with E-state index < -0.39 is 23.1 Å². The predicted molar refractivity (Wildman–Crippen MR) is 58.3 cm³/mol. The highest BCUT2D eigenvalue weighted by Crippen LogP contribution is 2.19. The Morgan fingerprint density at radius 1 is 1.12 bits per heavy atom. The number of aromatic amines is 1. The van der Waals surface area contributed by atoms with E-state index in [2.05, 4.69) is 0 Å². The van der Waals surface area contributed by atoms with Gasteiger partial charge in [0.05, 0.1) is 0 Å². The van der Waals surface area contributed by atoms with Crippen LogP contribution in [0.2, 0.25) is 0 Å². The molecule has 1 aromatic rings. The van der Waals surface area contributed by atoms with Gasteiger partial charge in [0.2, 0.25) is 0 Å². The summed E-state index contributed by atoms with van der Waals surface area (Å²) in [5, 5.41) is 0. The van der Waals surface area contributed by atoms with Gasteiger partial charge in [0.25, 0.3) is 17.4 Å². The number of nitrogens with one attached hydrogen (secondary N) is 1. The topological polar surface area (TPSA) is 118 Å². The van der Waals surface area contributed by atoms with Crippen LogP contribution in [0.1, 0.15) is 0 Å². The van der Waals surface area contributed by atoms with Gasteiger partial charge in [-0.2, -0.15) is 0 Å². The number of nitrogen functional groups attached to an aromatic ring is 1. The van der Waals surface area contributed by atoms with E-state index in [9.17, 15) is 19.2 Å². The Labute approximate surface area is 94.0 Å². The van der Waals surface area contributed by atoms with E-state index in [1.54, 1.807) is 0 Å². The van der Waals surface area contributed by atoms with Crippen molar-refractivity contribution in [2.45, 2.75) is 0 Å². The number of carbonyl (C=O) groups excluding carboxylic acids is 2. The molecule has 0 fully saturated rings. The summed E-state index contributed by atoms with van der Waals surface area (Å²) in [7, 11) is 1.32. The lowest BCUT2D eigenvalue weighted by Gasteiger charge is -2.16. The van der Waals surface area contributed by atoms with Gasteiger partial charge in [-0.05, 0) is 0 Å². The first-order valence-electron chi connectivity index (χ1n) is 4.58. The van der Waals surface area contributed by atoms with Crippen LogP contribution in [0.5, 0.6) is 0 Å². The first-order valence-corrected chi connectivity index (χ1v) is 4.58. The molecule has 8 heteroatoms. The lowest BCUT2D eigenvalue weighted by Crippen LogP contribution is -2.40. The summed E-state index contributed by atoms with van der Waals surface area (Å²) < 4.78 is 0.940. The van der Waals surface area contributed by atoms with Gasteiger partial charge >= 0.3 is 5.69 Å². The summed E-state index contributed by atoms with van der Waals surface area (Å²) in [6.45, 7) is 0. The fourth-order valence-corrected chi connectivity index (χ4v) is 1.46. The highest BCUT2D eigenvalue weighted by Gasteiger charge is 2.30. The van der Waals surface area contributed by atoms with Crippen molar-refractivity contribution in [3.05, 3.63) is 33.0 Å². The smallest absolute Gasteiger partial charge is 0.329 e. The van der Waals surface area contributed by atoms with Crippen molar-refractivity contribution in [2.24, 2.45) is 7.05 Å². The van der Waals surface area contributed by atoms with Gasteiger partial charge in [0.15, 0.2) is 5.69 Å². The number of carbonyl (C=O) groups is 2. The van der Waals surface area contributed by atoms with Crippen molar-refractivity contribution in [2.75, 3.05) is 10.6 Å². The molecular weight excluding hydrogens is 228 g/mol. The highest BCUT2D eigenvalue weighted by atomic mass is 16.2. The number of amides is 2. The zero-order valence-electron chi connectivity index (χ0n) is 8.76. The lowest BCUT2D eigenvalue weighted by molar-refractivity contribution is -0.120. The molecule has 0 unspecified atom stereocenters. The van der Waals surface area contributed by atoms with Crippen LogP contribution in [0, 0.1) is 0 Å². The molecule has 0 aromatic carbocycles. The Hall–Kier alpha value is -2.64. The molecule has 2 rings (SSSR count). The molecule has 0 aliphatic carbocycles. The number of H-pyrrole nitrogens is 1. The number of hydrogen-bond acceptors (Lipinski definition) is 5. The maximum absolute atomic E-state index is 11.6. The second kappa shape index (κ2) is 3.44. The van der Waals surface area contributed by atoms with Gasteiger partial charge in [0, 0.05) is 19.2 Å². The standard InChI is InChI=1S/C9H8N4O4/c1-12-7(10)6(8(16)11-9(12)17)13-4(14)2-3-5(13)15/h2-3H,10H2,1H3,(H,11,16,17). The third kappa shape index (κ3) is 1.46. The summed E-state index contributed by atoms with van der Waals surface area (Å²) in [6.07, 6.45) is 2.04. The van der Waals surface area contributed by atoms with E-state index in [4.69, 9.17) is 5.73 Å². The molecule has 0 saturated carbocycles. The number of aromatic nitrogens is 2. The molecular formula is C9H8N4O4. The van der Waals surface area contributed by atoms with Crippen molar-refractivity contribution in [3.63, 3.8) is 0 Å². The second-order valence-corrected chi connectivity index (χ2v) is 3.40. The summed E-state index contributed by atoms with van der Waals surface area (Å²) in [6, 6.07) is 0. The Morgan fingerprint density at radius 3 is 2.18 bits per heavy atom. The molecule has 0 atom stereocenters. The molecule has 1 aliphatic rings. The van der Waals surface area contributed by atoms with Crippen LogP contribution in [0.3, 0.4) is 0 Å². The van der Waals surface area contributed by atoms with Crippen molar-refractivity contribution in [3.8, 4) is 0 Å². The minimum Gasteiger partial charge on any atom is -0.383 e. The summed E-state index contributed by atoms with van der Waals surface area (Å²) >= 11 is 0. The maximum Gasteiger partial charge on any atom is 0.329 e. The number of hydrogen-bond donors (Lipinski definition) is 2. The van der Waals surface area contributed by atoms with Crippen molar-refractivity contribution in [1.29, 1.82) is 0 Å². The van der Waals surface area contributed by atoms with Crippen LogP contribution in [0.15, 0.2) is 21.7 Å². The normalized spacial score (nSPS) is 14.8. The van der Waals surface area contributed by atoms with Crippen molar-refractivity contribution in [1.82, 2.24) is 9.55 Å². The number of imide groups is 1. The highest BCUT2D eigenvalue weighted by molar-refractivity contribution is 6.28. The van der Waals surface area contributed by atoms with Gasteiger partial charge in [-0.25, -0.2) is 9.69 Å². The lowest BCUT2D eigenvalue weighted by atomic mass is 10.4. The fourth-order valence-electron chi connectivity index (χ4n) is 1.46. The van der Waals surface area contributed by atoms with Gasteiger partial charge in [-0.1, -0.05) is 0 Å². The molecule has 17 heavy (non-hydrogen) atoms.